The van der Waals surface area contributed by atoms with Crippen LogP contribution < -0.4 is 0 Å². The van der Waals surface area contributed by atoms with Gasteiger partial charge in [0.2, 0.25) is 8.32 Å². The van der Waals surface area contributed by atoms with E-state index < -0.39 is 56.1 Å². The Bertz CT molecular complexity index is 1450. The molecule has 0 aromatic heterocycles. The number of ether oxygens (including phenoxy) is 4. The van der Waals surface area contributed by atoms with Crippen molar-refractivity contribution < 1.29 is 37.8 Å². The van der Waals surface area contributed by atoms with Crippen molar-refractivity contribution in [1.82, 2.24) is 0 Å². The van der Waals surface area contributed by atoms with Crippen molar-refractivity contribution >= 4 is 38.0 Å². The van der Waals surface area contributed by atoms with E-state index >= 15 is 0 Å². The molecule has 4 rings (SSSR count). The van der Waals surface area contributed by atoms with E-state index in [1.54, 1.807) is 78.9 Å². The average Bonchev–Trinajstić information content (AvgIpc) is 3.08. The predicted molar refractivity (Wildman–Crippen MR) is 191 cm³/mol. The number of hydrogen-bond donors (Lipinski definition) is 0. The molecule has 3 aromatic rings. The molecule has 1 aliphatic rings. The Morgan fingerprint density at radius 1 is 0.646 bits per heavy atom. The van der Waals surface area contributed by atoms with Crippen molar-refractivity contribution in [2.24, 2.45) is 0 Å². The van der Waals surface area contributed by atoms with Gasteiger partial charge in [0.1, 0.15) is 24.3 Å². The predicted octanol–water partition coefficient (Wildman–Crippen LogP) is 8.33. The molecule has 0 saturated carbocycles. The minimum absolute atomic E-state index is 0.213. The molecule has 0 spiro atoms. The zero-order chi connectivity index (χ0) is 34.8. The van der Waals surface area contributed by atoms with Gasteiger partial charge in [-0.1, -0.05) is 103 Å². The standard InChI is InChI=1S/C38H48O8SSi/c1-8-47-38-34(46-48(25(2)3,26(4)5)27(6)7)33(45-37(41)30-22-16-11-17-23-30)32(44-36(40)29-20-14-10-15-21-29)31(43-38)24-42-35(39)28-18-12-9-13-19-28/h9-23,25-27,31-34,38H,8,24H2,1-7H3/t31-,32+,33+,34-,38+/m1/s1. The van der Waals surface area contributed by atoms with Crippen LogP contribution in [0.2, 0.25) is 16.6 Å². The van der Waals surface area contributed by atoms with Crippen LogP contribution in [-0.4, -0.2) is 68.4 Å². The van der Waals surface area contributed by atoms with E-state index in [0.29, 0.717) is 22.4 Å². The second kappa shape index (κ2) is 17.3. The SMILES string of the molecule is CCS[C@@H]1O[C@H](COC(=O)c2ccccc2)[C@H](OC(=O)c2ccccc2)[C@H](OC(=O)c2ccccc2)[C@H]1O[Si](C(C)C)(C(C)C)C(C)C. The molecule has 10 heteroatoms. The smallest absolute Gasteiger partial charge is 0.338 e. The molecule has 5 atom stereocenters. The number of carbonyl (C=O) groups excluding carboxylic acids is 3. The molecule has 1 heterocycles. The Labute approximate surface area is 290 Å². The van der Waals surface area contributed by atoms with Gasteiger partial charge in [-0.15, -0.1) is 11.8 Å². The summed E-state index contributed by atoms with van der Waals surface area (Å²) in [6, 6.07) is 25.9. The van der Waals surface area contributed by atoms with Crippen LogP contribution in [0.3, 0.4) is 0 Å². The summed E-state index contributed by atoms with van der Waals surface area (Å²) >= 11 is 1.52. The van der Waals surface area contributed by atoms with Crippen LogP contribution in [0.15, 0.2) is 91.0 Å². The van der Waals surface area contributed by atoms with E-state index in [2.05, 4.69) is 41.5 Å². The molecule has 1 fully saturated rings. The molecule has 0 radical (unpaired) electrons. The third-order valence-corrected chi connectivity index (χ3v) is 16.0. The van der Waals surface area contributed by atoms with E-state index in [9.17, 15) is 14.4 Å². The Morgan fingerprint density at radius 3 is 1.48 bits per heavy atom. The molecule has 1 aliphatic heterocycles. The number of carbonyl (C=O) groups is 3. The number of benzene rings is 3. The van der Waals surface area contributed by atoms with Crippen LogP contribution in [0.25, 0.3) is 0 Å². The molecule has 0 aliphatic carbocycles. The van der Waals surface area contributed by atoms with Crippen LogP contribution in [0, 0.1) is 0 Å². The first-order valence-corrected chi connectivity index (χ1v) is 19.9. The third kappa shape index (κ3) is 8.77. The molecule has 8 nitrogen and oxygen atoms in total. The first-order valence-electron chi connectivity index (χ1n) is 16.7. The fourth-order valence-electron chi connectivity index (χ4n) is 6.70. The highest BCUT2D eigenvalue weighted by Crippen LogP contribution is 2.46. The summed E-state index contributed by atoms with van der Waals surface area (Å²) in [7, 11) is -2.60. The number of esters is 3. The van der Waals surface area contributed by atoms with E-state index in [1.165, 1.54) is 11.8 Å². The van der Waals surface area contributed by atoms with Gasteiger partial charge < -0.3 is 23.4 Å². The van der Waals surface area contributed by atoms with Gasteiger partial charge in [0.15, 0.2) is 12.2 Å². The van der Waals surface area contributed by atoms with Crippen LogP contribution in [-0.2, 0) is 23.4 Å². The summed E-state index contributed by atoms with van der Waals surface area (Å²) < 4.78 is 32.4. The van der Waals surface area contributed by atoms with Crippen molar-refractivity contribution in [2.75, 3.05) is 12.4 Å². The first-order chi connectivity index (χ1) is 23.0. The second-order valence-corrected chi connectivity index (χ2v) is 19.6. The second-order valence-electron chi connectivity index (χ2n) is 12.8. The highest BCUT2D eigenvalue weighted by atomic mass is 32.2. The molecule has 0 bridgehead atoms. The van der Waals surface area contributed by atoms with E-state index in [1.807, 2.05) is 19.1 Å². The van der Waals surface area contributed by atoms with E-state index in [0.717, 1.165) is 0 Å². The third-order valence-electron chi connectivity index (χ3n) is 8.86. The average molecular weight is 693 g/mol. The number of thioether (sulfide) groups is 1. The van der Waals surface area contributed by atoms with Crippen molar-refractivity contribution in [3.63, 3.8) is 0 Å². The summed E-state index contributed by atoms with van der Waals surface area (Å²) in [5.74, 6) is -1.07. The minimum Gasteiger partial charge on any atom is -0.459 e. The Balaban J connectivity index is 1.82. The normalized spacial score (nSPS) is 21.2. The van der Waals surface area contributed by atoms with Gasteiger partial charge in [0.05, 0.1) is 16.7 Å². The highest BCUT2D eigenvalue weighted by molar-refractivity contribution is 7.99. The van der Waals surface area contributed by atoms with Crippen molar-refractivity contribution in [3.8, 4) is 0 Å². The quantitative estimate of drug-likeness (QED) is 0.0938. The lowest BCUT2D eigenvalue weighted by molar-refractivity contribution is -0.203. The molecule has 48 heavy (non-hydrogen) atoms. The van der Waals surface area contributed by atoms with Crippen LogP contribution in [0.1, 0.15) is 79.5 Å². The molecule has 258 valence electrons. The van der Waals surface area contributed by atoms with Gasteiger partial charge >= 0.3 is 17.9 Å². The number of rotatable bonds is 14. The molecule has 0 unspecified atom stereocenters. The zero-order valence-electron chi connectivity index (χ0n) is 28.9. The first kappa shape index (κ1) is 37.4. The molecule has 0 N–H and O–H groups in total. The van der Waals surface area contributed by atoms with Gasteiger partial charge in [-0.2, -0.15) is 0 Å². The topological polar surface area (TPSA) is 97.4 Å². The molecular weight excluding hydrogens is 645 g/mol. The molecule has 3 aromatic carbocycles. The maximum absolute atomic E-state index is 13.8. The summed E-state index contributed by atoms with van der Waals surface area (Å²) in [5, 5.41) is 0. The Morgan fingerprint density at radius 2 is 1.06 bits per heavy atom. The van der Waals surface area contributed by atoms with Crippen LogP contribution in [0.4, 0.5) is 0 Å². The lowest BCUT2D eigenvalue weighted by atomic mass is 9.99. The van der Waals surface area contributed by atoms with E-state index in [4.69, 9.17) is 23.4 Å². The monoisotopic (exact) mass is 692 g/mol. The lowest BCUT2D eigenvalue weighted by Gasteiger charge is -2.51. The van der Waals surface area contributed by atoms with Crippen LogP contribution >= 0.6 is 11.8 Å². The van der Waals surface area contributed by atoms with E-state index in [-0.39, 0.29) is 23.2 Å². The van der Waals surface area contributed by atoms with Gasteiger partial charge in [-0.3, -0.25) is 0 Å². The van der Waals surface area contributed by atoms with Crippen LogP contribution in [0.5, 0.6) is 0 Å². The largest absolute Gasteiger partial charge is 0.459 e. The Kier molecular flexibility index (Phi) is 13.5. The molecule has 0 amide bonds. The lowest BCUT2D eigenvalue weighted by Crippen LogP contribution is -2.65. The fraction of sp³-hybridized carbons (Fsp3) is 0.447. The maximum atomic E-state index is 13.8. The summed E-state index contributed by atoms with van der Waals surface area (Å²) in [4.78, 5) is 40.6. The van der Waals surface area contributed by atoms with Crippen molar-refractivity contribution in [1.29, 1.82) is 0 Å². The van der Waals surface area contributed by atoms with Crippen molar-refractivity contribution in [3.05, 3.63) is 108 Å². The minimum atomic E-state index is -2.60. The summed E-state index contributed by atoms with van der Waals surface area (Å²) in [6.07, 6.45) is -3.98. The number of hydrogen-bond acceptors (Lipinski definition) is 9. The van der Waals surface area contributed by atoms with Gasteiger partial charge in [0.25, 0.3) is 0 Å². The molecular formula is C38H48O8SSi. The summed E-state index contributed by atoms with van der Waals surface area (Å²) in [6.45, 7) is 14.9. The fourth-order valence-corrected chi connectivity index (χ4v) is 13.3. The molecule has 1 saturated heterocycles. The zero-order valence-corrected chi connectivity index (χ0v) is 30.7. The Hall–Kier alpha value is -3.44. The summed E-state index contributed by atoms with van der Waals surface area (Å²) in [5.41, 5.74) is 1.07. The van der Waals surface area contributed by atoms with Gasteiger partial charge in [-0.05, 0) is 58.8 Å². The maximum Gasteiger partial charge on any atom is 0.338 e. The van der Waals surface area contributed by atoms with Gasteiger partial charge in [0, 0.05) is 0 Å². The van der Waals surface area contributed by atoms with Crippen molar-refractivity contribution in [2.45, 2.75) is 94.9 Å². The van der Waals surface area contributed by atoms with Gasteiger partial charge in [-0.25, -0.2) is 14.4 Å². The highest BCUT2D eigenvalue weighted by Gasteiger charge is 2.56.